The summed E-state index contributed by atoms with van der Waals surface area (Å²) in [6.45, 7) is 2.00. The number of anilines is 1. The molecule has 1 heterocycles. The Bertz CT molecular complexity index is 974. The summed E-state index contributed by atoms with van der Waals surface area (Å²) in [6, 6.07) is 16.6. The SMILES string of the molecule is Cc1ccc(-c2nnc(SCC(=O)Nc3cccc(C#N)c3)n2N)cc1. The molecule has 0 bridgehead atoms. The normalized spacial score (nSPS) is 10.3. The number of benzene rings is 2. The first-order chi connectivity index (χ1) is 12.6. The van der Waals surface area contributed by atoms with Crippen LogP contribution in [0.4, 0.5) is 5.69 Å². The molecular weight excluding hydrogens is 348 g/mol. The fraction of sp³-hybridized carbons (Fsp3) is 0.111. The molecule has 1 amide bonds. The fourth-order valence-corrected chi connectivity index (χ4v) is 2.93. The first kappa shape index (κ1) is 17.5. The predicted molar refractivity (Wildman–Crippen MR) is 101 cm³/mol. The Hall–Kier alpha value is -3.31. The molecule has 7 nitrogen and oxygen atoms in total. The van der Waals surface area contributed by atoms with Gasteiger partial charge in [-0.3, -0.25) is 4.79 Å². The minimum Gasteiger partial charge on any atom is -0.335 e. The van der Waals surface area contributed by atoms with Crippen LogP contribution in [0.2, 0.25) is 0 Å². The number of nitrogens with zero attached hydrogens (tertiary/aromatic N) is 4. The highest BCUT2D eigenvalue weighted by Gasteiger charge is 2.14. The molecule has 0 aliphatic rings. The Morgan fingerprint density at radius 3 is 2.77 bits per heavy atom. The van der Waals surface area contributed by atoms with Crippen LogP contribution in [0.15, 0.2) is 53.7 Å². The Kier molecular flexibility index (Phi) is 5.20. The first-order valence-electron chi connectivity index (χ1n) is 7.77. The van der Waals surface area contributed by atoms with E-state index < -0.39 is 0 Å². The molecule has 2 aromatic carbocycles. The smallest absolute Gasteiger partial charge is 0.234 e. The van der Waals surface area contributed by atoms with Crippen LogP contribution in [0.3, 0.4) is 0 Å². The lowest BCUT2D eigenvalue weighted by Gasteiger charge is -2.06. The second-order valence-electron chi connectivity index (χ2n) is 5.57. The monoisotopic (exact) mass is 364 g/mol. The highest BCUT2D eigenvalue weighted by molar-refractivity contribution is 7.99. The number of hydrogen-bond donors (Lipinski definition) is 2. The van der Waals surface area contributed by atoms with E-state index in [1.165, 1.54) is 16.4 Å². The molecule has 3 rings (SSSR count). The summed E-state index contributed by atoms with van der Waals surface area (Å²) in [6.07, 6.45) is 0. The van der Waals surface area contributed by atoms with Gasteiger partial charge in [-0.1, -0.05) is 47.7 Å². The second kappa shape index (κ2) is 7.72. The Labute approximate surface area is 154 Å². The molecule has 26 heavy (non-hydrogen) atoms. The lowest BCUT2D eigenvalue weighted by atomic mass is 10.1. The van der Waals surface area contributed by atoms with Crippen molar-refractivity contribution < 1.29 is 4.79 Å². The van der Waals surface area contributed by atoms with Gasteiger partial charge in [0, 0.05) is 11.3 Å². The van der Waals surface area contributed by atoms with E-state index in [9.17, 15) is 4.79 Å². The number of carbonyl (C=O) groups is 1. The van der Waals surface area contributed by atoms with Crippen molar-refractivity contribution in [3.63, 3.8) is 0 Å². The molecule has 0 radical (unpaired) electrons. The van der Waals surface area contributed by atoms with Crippen molar-refractivity contribution in [2.75, 3.05) is 16.9 Å². The van der Waals surface area contributed by atoms with Crippen LogP contribution >= 0.6 is 11.8 Å². The summed E-state index contributed by atoms with van der Waals surface area (Å²) in [5.41, 5.74) is 3.06. The number of aromatic nitrogens is 3. The lowest BCUT2D eigenvalue weighted by Crippen LogP contribution is -2.16. The van der Waals surface area contributed by atoms with E-state index in [0.29, 0.717) is 22.2 Å². The molecule has 0 unspecified atom stereocenters. The van der Waals surface area contributed by atoms with Gasteiger partial charge in [-0.15, -0.1) is 10.2 Å². The largest absolute Gasteiger partial charge is 0.335 e. The van der Waals surface area contributed by atoms with Crippen LogP contribution < -0.4 is 11.2 Å². The van der Waals surface area contributed by atoms with Crippen molar-refractivity contribution >= 4 is 23.4 Å². The van der Waals surface area contributed by atoms with Gasteiger partial charge in [0.1, 0.15) is 0 Å². The van der Waals surface area contributed by atoms with Gasteiger partial charge in [0.05, 0.1) is 17.4 Å². The average molecular weight is 364 g/mol. The van der Waals surface area contributed by atoms with Crippen molar-refractivity contribution in [2.45, 2.75) is 12.1 Å². The molecule has 8 heteroatoms. The molecule has 0 saturated heterocycles. The highest BCUT2D eigenvalue weighted by Crippen LogP contribution is 2.22. The number of rotatable bonds is 5. The van der Waals surface area contributed by atoms with E-state index in [4.69, 9.17) is 11.1 Å². The number of carbonyl (C=O) groups excluding carboxylic acids is 1. The zero-order chi connectivity index (χ0) is 18.5. The van der Waals surface area contributed by atoms with E-state index in [0.717, 1.165) is 11.1 Å². The van der Waals surface area contributed by atoms with Crippen LogP contribution in [-0.4, -0.2) is 26.5 Å². The van der Waals surface area contributed by atoms with Crippen molar-refractivity contribution in [3.8, 4) is 17.5 Å². The summed E-state index contributed by atoms with van der Waals surface area (Å²) < 4.78 is 1.37. The van der Waals surface area contributed by atoms with Crippen LogP contribution in [0.5, 0.6) is 0 Å². The molecule has 0 spiro atoms. The van der Waals surface area contributed by atoms with Gasteiger partial charge < -0.3 is 11.2 Å². The van der Waals surface area contributed by atoms with E-state index in [1.807, 2.05) is 37.3 Å². The summed E-state index contributed by atoms with van der Waals surface area (Å²) in [5, 5.41) is 20.2. The van der Waals surface area contributed by atoms with E-state index in [-0.39, 0.29) is 11.7 Å². The molecule has 0 atom stereocenters. The van der Waals surface area contributed by atoms with Gasteiger partial charge in [0.2, 0.25) is 11.1 Å². The second-order valence-corrected chi connectivity index (χ2v) is 6.51. The fourth-order valence-electron chi connectivity index (χ4n) is 2.27. The molecule has 1 aromatic heterocycles. The van der Waals surface area contributed by atoms with Gasteiger partial charge in [-0.2, -0.15) is 5.26 Å². The van der Waals surface area contributed by atoms with Gasteiger partial charge in [-0.05, 0) is 25.1 Å². The Balaban J connectivity index is 1.64. The predicted octanol–water partition coefficient (Wildman–Crippen LogP) is 2.57. The summed E-state index contributed by atoms with van der Waals surface area (Å²) >= 11 is 1.19. The van der Waals surface area contributed by atoms with Crippen LogP contribution in [-0.2, 0) is 4.79 Å². The molecule has 3 N–H and O–H groups in total. The molecule has 0 saturated carbocycles. The summed E-state index contributed by atoms with van der Waals surface area (Å²) in [7, 11) is 0. The standard InChI is InChI=1S/C18H16N6OS/c1-12-5-7-14(8-6-12)17-22-23-18(24(17)20)26-11-16(25)21-15-4-2-3-13(9-15)10-19/h2-9H,11,20H2,1H3,(H,21,25). The summed E-state index contributed by atoms with van der Waals surface area (Å²) in [5.74, 6) is 6.50. The quantitative estimate of drug-likeness (QED) is 0.532. The Morgan fingerprint density at radius 1 is 1.27 bits per heavy atom. The zero-order valence-corrected chi connectivity index (χ0v) is 14.8. The summed E-state index contributed by atoms with van der Waals surface area (Å²) in [4.78, 5) is 12.1. The molecular formula is C18H16N6OS. The van der Waals surface area contributed by atoms with Crippen molar-refractivity contribution in [1.29, 1.82) is 5.26 Å². The van der Waals surface area contributed by atoms with E-state index >= 15 is 0 Å². The highest BCUT2D eigenvalue weighted by atomic mass is 32.2. The Morgan fingerprint density at radius 2 is 2.04 bits per heavy atom. The molecule has 0 aliphatic heterocycles. The van der Waals surface area contributed by atoms with Gasteiger partial charge >= 0.3 is 0 Å². The van der Waals surface area contributed by atoms with Gasteiger partial charge in [0.25, 0.3) is 0 Å². The van der Waals surface area contributed by atoms with Crippen LogP contribution in [0.25, 0.3) is 11.4 Å². The number of hydrogen-bond acceptors (Lipinski definition) is 6. The van der Waals surface area contributed by atoms with E-state index in [1.54, 1.807) is 24.3 Å². The minimum absolute atomic E-state index is 0.125. The third-order valence-corrected chi connectivity index (χ3v) is 4.53. The topological polar surface area (TPSA) is 110 Å². The molecule has 130 valence electrons. The molecule has 0 fully saturated rings. The number of thioether (sulfide) groups is 1. The van der Waals surface area contributed by atoms with Crippen LogP contribution in [0, 0.1) is 18.3 Å². The number of amides is 1. The maximum Gasteiger partial charge on any atom is 0.234 e. The van der Waals surface area contributed by atoms with Crippen LogP contribution in [0.1, 0.15) is 11.1 Å². The number of nitriles is 1. The third kappa shape index (κ3) is 4.02. The van der Waals surface area contributed by atoms with E-state index in [2.05, 4.69) is 15.5 Å². The van der Waals surface area contributed by atoms with Crippen molar-refractivity contribution in [2.24, 2.45) is 0 Å². The number of nitrogens with one attached hydrogen (secondary N) is 1. The van der Waals surface area contributed by atoms with Gasteiger partial charge in [-0.25, -0.2) is 4.68 Å². The first-order valence-corrected chi connectivity index (χ1v) is 8.76. The maximum absolute atomic E-state index is 12.1. The minimum atomic E-state index is -0.218. The third-order valence-electron chi connectivity index (χ3n) is 3.58. The lowest BCUT2D eigenvalue weighted by molar-refractivity contribution is -0.113. The number of nitrogens with two attached hydrogens (primary N) is 1. The number of nitrogen functional groups attached to an aromatic ring is 1. The maximum atomic E-state index is 12.1. The molecule has 0 aliphatic carbocycles. The van der Waals surface area contributed by atoms with Crippen molar-refractivity contribution in [1.82, 2.24) is 14.9 Å². The number of aryl methyl sites for hydroxylation is 1. The van der Waals surface area contributed by atoms with Gasteiger partial charge in [0.15, 0.2) is 5.82 Å². The van der Waals surface area contributed by atoms with Crippen molar-refractivity contribution in [3.05, 3.63) is 59.7 Å². The average Bonchev–Trinajstić information content (AvgIpc) is 3.01. The molecule has 3 aromatic rings. The zero-order valence-electron chi connectivity index (χ0n) is 14.0.